The van der Waals surface area contributed by atoms with Crippen molar-refractivity contribution in [3.8, 4) is 0 Å². The summed E-state index contributed by atoms with van der Waals surface area (Å²) in [5.41, 5.74) is 0.411. The molecular formula is C11H16N2O4. The Kier molecular flexibility index (Phi) is 3.28. The van der Waals surface area contributed by atoms with E-state index in [-0.39, 0.29) is 18.2 Å². The Labute approximate surface area is 98.8 Å². The third-order valence-corrected chi connectivity index (χ3v) is 2.80. The van der Waals surface area contributed by atoms with Crippen LogP contribution < -0.4 is 5.56 Å². The van der Waals surface area contributed by atoms with Crippen LogP contribution in [0.15, 0.2) is 10.9 Å². The highest BCUT2D eigenvalue weighted by molar-refractivity contribution is 5.09. The van der Waals surface area contributed by atoms with E-state index in [0.29, 0.717) is 25.1 Å². The summed E-state index contributed by atoms with van der Waals surface area (Å²) in [5, 5.41) is 10.4. The van der Waals surface area contributed by atoms with Gasteiger partial charge in [-0.25, -0.2) is 4.98 Å². The predicted octanol–water partition coefficient (Wildman–Crippen LogP) is 0.111. The Morgan fingerprint density at radius 2 is 2.41 bits per heavy atom. The van der Waals surface area contributed by atoms with Crippen molar-refractivity contribution >= 4 is 0 Å². The fraction of sp³-hybridized carbons (Fsp3) is 0.636. The molecule has 94 valence electrons. The van der Waals surface area contributed by atoms with E-state index in [2.05, 4.69) is 4.98 Å². The van der Waals surface area contributed by atoms with E-state index >= 15 is 0 Å². The fourth-order valence-electron chi connectivity index (χ4n) is 2.02. The van der Waals surface area contributed by atoms with E-state index in [0.717, 1.165) is 0 Å². The minimum Gasteiger partial charge on any atom is -0.359 e. The van der Waals surface area contributed by atoms with Crippen LogP contribution in [0.25, 0.3) is 0 Å². The summed E-state index contributed by atoms with van der Waals surface area (Å²) in [5.74, 6) is -1.26. The average Bonchev–Trinajstić information content (AvgIpc) is 2.28. The van der Waals surface area contributed by atoms with Gasteiger partial charge in [-0.1, -0.05) is 0 Å². The number of fused-ring (bicyclic) bond motifs is 1. The summed E-state index contributed by atoms with van der Waals surface area (Å²) in [7, 11) is 1.48. The summed E-state index contributed by atoms with van der Waals surface area (Å²) in [6.07, 6.45) is 1.07. The lowest BCUT2D eigenvalue weighted by Gasteiger charge is -2.33. The molecule has 0 aromatic carbocycles. The Hall–Kier alpha value is -1.24. The summed E-state index contributed by atoms with van der Waals surface area (Å²) >= 11 is 0. The standard InChI is InChI=1S/C11H16N2O4/c1-8-6-9(14)13-5-3-4-11(15,10(13)12-8)17-7-16-2/h6,15H,3-5,7H2,1-2H3. The Morgan fingerprint density at radius 1 is 1.65 bits per heavy atom. The van der Waals surface area contributed by atoms with Crippen molar-refractivity contribution in [1.82, 2.24) is 9.55 Å². The molecule has 1 N–H and O–H groups in total. The first kappa shape index (κ1) is 12.2. The lowest BCUT2D eigenvalue weighted by atomic mass is 10.1. The SMILES string of the molecule is COCOC1(O)CCCn2c1nc(C)cc2=O. The second-order valence-corrected chi connectivity index (χ2v) is 4.15. The van der Waals surface area contributed by atoms with Crippen LogP contribution >= 0.6 is 0 Å². The summed E-state index contributed by atoms with van der Waals surface area (Å²) in [6, 6.07) is 1.45. The average molecular weight is 240 g/mol. The lowest BCUT2D eigenvalue weighted by molar-refractivity contribution is -0.266. The molecule has 17 heavy (non-hydrogen) atoms. The highest BCUT2D eigenvalue weighted by atomic mass is 16.7. The van der Waals surface area contributed by atoms with E-state index < -0.39 is 5.79 Å². The number of hydrogen-bond donors (Lipinski definition) is 1. The number of aliphatic hydroxyl groups is 1. The molecule has 0 aliphatic carbocycles. The maximum atomic E-state index is 11.8. The van der Waals surface area contributed by atoms with Crippen molar-refractivity contribution in [3.63, 3.8) is 0 Å². The maximum Gasteiger partial charge on any atom is 0.253 e. The lowest BCUT2D eigenvalue weighted by Crippen LogP contribution is -2.42. The summed E-state index contributed by atoms with van der Waals surface area (Å²) in [6.45, 7) is 2.23. The van der Waals surface area contributed by atoms with Crippen molar-refractivity contribution < 1.29 is 14.6 Å². The third kappa shape index (κ3) is 2.24. The molecule has 0 fully saturated rings. The molecule has 1 aromatic heterocycles. The molecule has 1 unspecified atom stereocenters. The molecule has 1 aliphatic heterocycles. The van der Waals surface area contributed by atoms with Crippen molar-refractivity contribution in [2.24, 2.45) is 0 Å². The quantitative estimate of drug-likeness (QED) is 0.759. The van der Waals surface area contributed by atoms with Gasteiger partial charge in [-0.15, -0.1) is 0 Å². The van der Waals surface area contributed by atoms with Crippen LogP contribution in [0.1, 0.15) is 24.4 Å². The smallest absolute Gasteiger partial charge is 0.253 e. The van der Waals surface area contributed by atoms with Crippen LogP contribution in [0.4, 0.5) is 0 Å². The van der Waals surface area contributed by atoms with Gasteiger partial charge in [0.2, 0.25) is 5.79 Å². The predicted molar refractivity (Wildman–Crippen MR) is 59.3 cm³/mol. The molecule has 0 spiro atoms. The minimum atomic E-state index is -1.53. The van der Waals surface area contributed by atoms with Crippen LogP contribution in [-0.4, -0.2) is 28.6 Å². The van der Waals surface area contributed by atoms with E-state index in [9.17, 15) is 9.90 Å². The van der Waals surface area contributed by atoms with Gasteiger partial charge in [0.25, 0.3) is 5.56 Å². The molecule has 1 aromatic rings. The molecule has 0 saturated carbocycles. The van der Waals surface area contributed by atoms with Crippen LogP contribution in [0, 0.1) is 6.92 Å². The maximum absolute atomic E-state index is 11.8. The molecular weight excluding hydrogens is 224 g/mol. The van der Waals surface area contributed by atoms with E-state index in [1.807, 2.05) is 0 Å². The Morgan fingerprint density at radius 3 is 3.12 bits per heavy atom. The number of aryl methyl sites for hydroxylation is 1. The van der Waals surface area contributed by atoms with E-state index in [1.165, 1.54) is 17.7 Å². The van der Waals surface area contributed by atoms with Crippen LogP contribution in [0.3, 0.4) is 0 Å². The largest absolute Gasteiger partial charge is 0.359 e. The van der Waals surface area contributed by atoms with Crippen molar-refractivity contribution in [2.45, 2.75) is 32.1 Å². The number of hydrogen-bond acceptors (Lipinski definition) is 5. The molecule has 6 nitrogen and oxygen atoms in total. The second-order valence-electron chi connectivity index (χ2n) is 4.15. The fourth-order valence-corrected chi connectivity index (χ4v) is 2.02. The van der Waals surface area contributed by atoms with Crippen molar-refractivity contribution in [1.29, 1.82) is 0 Å². The van der Waals surface area contributed by atoms with Crippen molar-refractivity contribution in [3.05, 3.63) is 27.9 Å². The molecule has 0 amide bonds. The Balaban J connectivity index is 2.46. The normalized spacial score (nSPS) is 23.5. The second kappa shape index (κ2) is 4.56. The van der Waals surface area contributed by atoms with Gasteiger partial charge >= 0.3 is 0 Å². The highest BCUT2D eigenvalue weighted by Crippen LogP contribution is 2.30. The van der Waals surface area contributed by atoms with Gasteiger partial charge in [0.1, 0.15) is 6.79 Å². The topological polar surface area (TPSA) is 73.6 Å². The summed E-state index contributed by atoms with van der Waals surface area (Å²) in [4.78, 5) is 16.0. The number of ether oxygens (including phenoxy) is 2. The summed E-state index contributed by atoms with van der Waals surface area (Å²) < 4.78 is 11.5. The van der Waals surface area contributed by atoms with Gasteiger partial charge in [0.05, 0.1) is 0 Å². The molecule has 0 bridgehead atoms. The molecule has 6 heteroatoms. The van der Waals surface area contributed by atoms with Gasteiger partial charge in [0.15, 0.2) is 5.82 Å². The van der Waals surface area contributed by atoms with Gasteiger partial charge in [-0.2, -0.15) is 0 Å². The van der Waals surface area contributed by atoms with Crippen LogP contribution in [0.5, 0.6) is 0 Å². The number of rotatable bonds is 3. The molecule has 1 aliphatic rings. The highest BCUT2D eigenvalue weighted by Gasteiger charge is 2.38. The van der Waals surface area contributed by atoms with Gasteiger partial charge < -0.3 is 14.6 Å². The zero-order chi connectivity index (χ0) is 12.5. The number of methoxy groups -OCH3 is 1. The molecule has 0 saturated heterocycles. The molecule has 0 radical (unpaired) electrons. The van der Waals surface area contributed by atoms with Crippen LogP contribution in [-0.2, 0) is 21.8 Å². The zero-order valence-electron chi connectivity index (χ0n) is 9.97. The van der Waals surface area contributed by atoms with Crippen LogP contribution in [0.2, 0.25) is 0 Å². The Bertz CT molecular complexity index is 471. The zero-order valence-corrected chi connectivity index (χ0v) is 9.97. The minimum absolute atomic E-state index is 0.0414. The molecule has 2 heterocycles. The van der Waals surface area contributed by atoms with E-state index in [4.69, 9.17) is 9.47 Å². The van der Waals surface area contributed by atoms with Crippen molar-refractivity contribution in [2.75, 3.05) is 13.9 Å². The first-order valence-electron chi connectivity index (χ1n) is 5.51. The first-order chi connectivity index (χ1) is 8.07. The van der Waals surface area contributed by atoms with E-state index in [1.54, 1.807) is 6.92 Å². The van der Waals surface area contributed by atoms with Gasteiger partial charge in [-0.05, 0) is 13.3 Å². The molecule has 2 rings (SSSR count). The first-order valence-corrected chi connectivity index (χ1v) is 5.51. The van der Waals surface area contributed by atoms with Gasteiger partial charge in [0, 0.05) is 31.8 Å². The third-order valence-electron chi connectivity index (χ3n) is 2.80. The number of nitrogens with zero attached hydrogens (tertiary/aromatic N) is 2. The monoisotopic (exact) mass is 240 g/mol. The number of aromatic nitrogens is 2. The molecule has 1 atom stereocenters. The van der Waals surface area contributed by atoms with Gasteiger partial charge in [-0.3, -0.25) is 9.36 Å².